The van der Waals surface area contributed by atoms with Gasteiger partial charge >= 0.3 is 0 Å². The molecule has 126 valence electrons. The van der Waals surface area contributed by atoms with Crippen LogP contribution in [0.15, 0.2) is 41.1 Å². The fourth-order valence-corrected chi connectivity index (χ4v) is 2.96. The molecule has 0 aliphatic carbocycles. The maximum absolute atomic E-state index is 5.52. The maximum atomic E-state index is 5.52. The van der Waals surface area contributed by atoms with Gasteiger partial charge in [-0.1, -0.05) is 0 Å². The van der Waals surface area contributed by atoms with E-state index in [0.717, 1.165) is 53.1 Å². The molecule has 1 aromatic heterocycles. The number of thiocarbonyl (C=S) groups is 1. The van der Waals surface area contributed by atoms with Crippen molar-refractivity contribution in [2.75, 3.05) is 43.5 Å². The van der Waals surface area contributed by atoms with E-state index >= 15 is 0 Å². The highest BCUT2D eigenvalue weighted by Gasteiger charge is 2.20. The van der Waals surface area contributed by atoms with E-state index in [1.165, 1.54) is 0 Å². The fraction of sp³-hybridized carbons (Fsp3) is 0.312. The molecule has 0 amide bonds. The lowest BCUT2D eigenvalue weighted by molar-refractivity contribution is 0.388. The molecule has 3 rings (SSSR count). The predicted octanol–water partition coefficient (Wildman–Crippen LogP) is 2.77. The van der Waals surface area contributed by atoms with Crippen LogP contribution in [-0.2, 0) is 0 Å². The highest BCUT2D eigenvalue weighted by atomic mass is 79.9. The van der Waals surface area contributed by atoms with Gasteiger partial charge in [0.25, 0.3) is 0 Å². The fourth-order valence-electron chi connectivity index (χ4n) is 2.46. The highest BCUT2D eigenvalue weighted by molar-refractivity contribution is 9.10. The smallest absolute Gasteiger partial charge is 0.225 e. The normalized spacial score (nSPS) is 14.4. The Morgan fingerprint density at radius 1 is 1.12 bits per heavy atom. The summed E-state index contributed by atoms with van der Waals surface area (Å²) in [6.07, 6.45) is 3.54. The molecular formula is C16H18BrN5OS. The Morgan fingerprint density at radius 2 is 1.75 bits per heavy atom. The number of nitrogens with zero attached hydrogens (tertiary/aromatic N) is 4. The second kappa shape index (κ2) is 7.76. The number of piperazine rings is 1. The maximum Gasteiger partial charge on any atom is 0.225 e. The Bertz CT molecular complexity index is 687. The number of benzene rings is 1. The summed E-state index contributed by atoms with van der Waals surface area (Å²) < 4.78 is 6.04. The van der Waals surface area contributed by atoms with Crippen LogP contribution in [0.3, 0.4) is 0 Å². The lowest BCUT2D eigenvalue weighted by Gasteiger charge is -2.36. The molecule has 1 N–H and O–H groups in total. The van der Waals surface area contributed by atoms with Crippen molar-refractivity contribution in [2.24, 2.45) is 0 Å². The van der Waals surface area contributed by atoms with Gasteiger partial charge in [-0.15, -0.1) is 0 Å². The zero-order chi connectivity index (χ0) is 16.9. The van der Waals surface area contributed by atoms with Gasteiger partial charge < -0.3 is 19.9 Å². The van der Waals surface area contributed by atoms with Crippen LogP contribution in [-0.4, -0.2) is 53.3 Å². The average Bonchev–Trinajstić information content (AvgIpc) is 2.63. The molecule has 1 saturated heterocycles. The van der Waals surface area contributed by atoms with Crippen LogP contribution in [0.5, 0.6) is 5.75 Å². The molecule has 0 bridgehead atoms. The SMILES string of the molecule is COc1ccc(NC(=S)N2CCN(c3ncc(Br)cn3)CC2)cc1. The van der Waals surface area contributed by atoms with Crippen LogP contribution in [0.25, 0.3) is 0 Å². The largest absolute Gasteiger partial charge is 0.497 e. The monoisotopic (exact) mass is 407 g/mol. The lowest BCUT2D eigenvalue weighted by Crippen LogP contribution is -2.50. The topological polar surface area (TPSA) is 53.5 Å². The molecule has 1 aliphatic heterocycles. The van der Waals surface area contributed by atoms with Crippen LogP contribution in [0.2, 0.25) is 0 Å². The Balaban J connectivity index is 1.53. The number of rotatable bonds is 3. The van der Waals surface area contributed by atoms with Crippen molar-refractivity contribution in [1.82, 2.24) is 14.9 Å². The van der Waals surface area contributed by atoms with Crippen molar-refractivity contribution in [2.45, 2.75) is 0 Å². The molecule has 0 radical (unpaired) electrons. The van der Waals surface area contributed by atoms with E-state index in [9.17, 15) is 0 Å². The molecule has 2 heterocycles. The summed E-state index contributed by atoms with van der Waals surface area (Å²) in [5.41, 5.74) is 0.958. The van der Waals surface area contributed by atoms with E-state index in [-0.39, 0.29) is 0 Å². The Kier molecular flexibility index (Phi) is 5.47. The van der Waals surface area contributed by atoms with E-state index in [2.05, 4.69) is 41.0 Å². The van der Waals surface area contributed by atoms with E-state index in [1.54, 1.807) is 19.5 Å². The third-order valence-electron chi connectivity index (χ3n) is 3.80. The first-order valence-corrected chi connectivity index (χ1v) is 8.78. The number of aromatic nitrogens is 2. The van der Waals surface area contributed by atoms with Crippen LogP contribution >= 0.6 is 28.1 Å². The van der Waals surface area contributed by atoms with Crippen molar-refractivity contribution in [1.29, 1.82) is 0 Å². The van der Waals surface area contributed by atoms with E-state index in [1.807, 2.05) is 24.3 Å². The number of hydrogen-bond acceptors (Lipinski definition) is 5. The molecule has 24 heavy (non-hydrogen) atoms. The summed E-state index contributed by atoms with van der Waals surface area (Å²) in [4.78, 5) is 13.0. The van der Waals surface area contributed by atoms with Crippen molar-refractivity contribution in [3.8, 4) is 5.75 Å². The van der Waals surface area contributed by atoms with Gasteiger partial charge in [0, 0.05) is 44.3 Å². The number of halogens is 1. The molecule has 0 atom stereocenters. The number of ether oxygens (including phenoxy) is 1. The first-order chi connectivity index (χ1) is 11.7. The van der Waals surface area contributed by atoms with Crippen LogP contribution in [0, 0.1) is 0 Å². The van der Waals surface area contributed by atoms with Gasteiger partial charge in [0.2, 0.25) is 5.95 Å². The minimum absolute atomic E-state index is 0.733. The molecule has 0 spiro atoms. The number of hydrogen-bond donors (Lipinski definition) is 1. The summed E-state index contributed by atoms with van der Waals surface area (Å²) in [6, 6.07) is 7.73. The summed E-state index contributed by atoms with van der Waals surface area (Å²) in [7, 11) is 1.65. The molecular weight excluding hydrogens is 390 g/mol. The number of anilines is 2. The zero-order valence-corrected chi connectivity index (χ0v) is 15.7. The molecule has 2 aromatic rings. The number of methoxy groups -OCH3 is 1. The lowest BCUT2D eigenvalue weighted by atomic mass is 10.3. The summed E-state index contributed by atoms with van der Waals surface area (Å²) in [6.45, 7) is 3.35. The standard InChI is InChI=1S/C16H18BrN5OS/c1-23-14-4-2-13(3-5-14)20-16(24)22-8-6-21(7-9-22)15-18-10-12(17)11-19-15/h2-5,10-11H,6-9H2,1H3,(H,20,24). The second-order valence-corrected chi connectivity index (χ2v) is 6.64. The third-order valence-corrected chi connectivity index (χ3v) is 4.57. The van der Waals surface area contributed by atoms with Crippen molar-refractivity contribution >= 4 is 44.9 Å². The molecule has 1 aliphatic rings. The minimum atomic E-state index is 0.733. The van der Waals surface area contributed by atoms with Gasteiger partial charge in [0.1, 0.15) is 5.75 Å². The van der Waals surface area contributed by atoms with E-state index < -0.39 is 0 Å². The van der Waals surface area contributed by atoms with Crippen LogP contribution in [0.1, 0.15) is 0 Å². The first kappa shape index (κ1) is 16.9. The molecule has 0 unspecified atom stereocenters. The van der Waals surface area contributed by atoms with Crippen molar-refractivity contribution in [3.05, 3.63) is 41.1 Å². The van der Waals surface area contributed by atoms with Gasteiger partial charge in [0.15, 0.2) is 5.11 Å². The quantitative estimate of drug-likeness (QED) is 0.784. The molecule has 1 fully saturated rings. The van der Waals surface area contributed by atoms with Gasteiger partial charge in [-0.2, -0.15) is 0 Å². The molecule has 1 aromatic carbocycles. The van der Waals surface area contributed by atoms with Crippen LogP contribution in [0.4, 0.5) is 11.6 Å². The highest BCUT2D eigenvalue weighted by Crippen LogP contribution is 2.17. The minimum Gasteiger partial charge on any atom is -0.497 e. The first-order valence-electron chi connectivity index (χ1n) is 7.58. The number of nitrogens with one attached hydrogen (secondary N) is 1. The average molecular weight is 408 g/mol. The van der Waals surface area contributed by atoms with Crippen molar-refractivity contribution < 1.29 is 4.74 Å². The summed E-state index contributed by atoms with van der Waals surface area (Å²) >= 11 is 8.87. The molecule has 0 saturated carbocycles. The van der Waals surface area contributed by atoms with Crippen LogP contribution < -0.4 is 15.0 Å². The second-order valence-electron chi connectivity index (χ2n) is 5.33. The van der Waals surface area contributed by atoms with Crippen molar-refractivity contribution in [3.63, 3.8) is 0 Å². The Morgan fingerprint density at radius 3 is 2.33 bits per heavy atom. The Labute approximate surface area is 155 Å². The van der Waals surface area contributed by atoms with Gasteiger partial charge in [-0.3, -0.25) is 0 Å². The zero-order valence-electron chi connectivity index (χ0n) is 13.3. The Hall–Kier alpha value is -1.93. The summed E-state index contributed by atoms with van der Waals surface area (Å²) in [5, 5.41) is 4.00. The van der Waals surface area contributed by atoms with E-state index in [0.29, 0.717) is 0 Å². The predicted molar refractivity (Wildman–Crippen MR) is 103 cm³/mol. The summed E-state index contributed by atoms with van der Waals surface area (Å²) in [5.74, 6) is 1.58. The van der Waals surface area contributed by atoms with E-state index in [4.69, 9.17) is 17.0 Å². The third kappa shape index (κ3) is 4.12. The van der Waals surface area contributed by atoms with Gasteiger partial charge in [-0.25, -0.2) is 9.97 Å². The molecule has 8 heteroatoms. The molecule has 6 nitrogen and oxygen atoms in total. The van der Waals surface area contributed by atoms with Gasteiger partial charge in [0.05, 0.1) is 11.6 Å². The van der Waals surface area contributed by atoms with Gasteiger partial charge in [-0.05, 0) is 52.4 Å².